The second-order valence-electron chi connectivity index (χ2n) is 3.21. The summed E-state index contributed by atoms with van der Waals surface area (Å²) < 4.78 is 0. The van der Waals surface area contributed by atoms with E-state index in [2.05, 4.69) is 0 Å². The summed E-state index contributed by atoms with van der Waals surface area (Å²) in [5.74, 6) is 0.00114. The summed E-state index contributed by atoms with van der Waals surface area (Å²) in [7, 11) is 0. The Morgan fingerprint density at radius 2 is 1.85 bits per heavy atom. The fraction of sp³-hybridized carbons (Fsp3) is 0.800. The van der Waals surface area contributed by atoms with Crippen LogP contribution in [0.25, 0.3) is 0 Å². The van der Waals surface area contributed by atoms with Gasteiger partial charge in [0.2, 0.25) is 0 Å². The third-order valence-corrected chi connectivity index (χ3v) is 2.09. The van der Waals surface area contributed by atoms with Crippen molar-refractivity contribution in [3.63, 3.8) is 0 Å². The van der Waals surface area contributed by atoms with Crippen LogP contribution in [-0.2, 0) is 9.59 Å². The number of rotatable bonds is 9. The highest BCUT2D eigenvalue weighted by molar-refractivity contribution is 5.53. The normalized spacial score (nSPS) is 12.4. The van der Waals surface area contributed by atoms with E-state index in [4.69, 9.17) is 5.11 Å². The lowest BCUT2D eigenvalue weighted by molar-refractivity contribution is -0.112. The summed E-state index contributed by atoms with van der Waals surface area (Å²) in [6, 6.07) is 0. The average Bonchev–Trinajstić information content (AvgIpc) is 2.16. The molecule has 0 amide bonds. The van der Waals surface area contributed by atoms with Crippen LogP contribution < -0.4 is 0 Å². The first-order valence-corrected chi connectivity index (χ1v) is 4.85. The van der Waals surface area contributed by atoms with Crippen LogP contribution in [0.2, 0.25) is 0 Å². The lowest BCUT2D eigenvalue weighted by Gasteiger charge is -2.06. The van der Waals surface area contributed by atoms with Gasteiger partial charge in [-0.05, 0) is 19.3 Å². The molecule has 0 aliphatic carbocycles. The number of hydrogen-bond donors (Lipinski definition) is 1. The number of aliphatic hydroxyl groups excluding tert-OH is 1. The fourth-order valence-corrected chi connectivity index (χ4v) is 1.26. The van der Waals surface area contributed by atoms with Gasteiger partial charge in [0.1, 0.15) is 12.6 Å². The first-order chi connectivity index (χ1) is 6.35. The average molecular weight is 186 g/mol. The van der Waals surface area contributed by atoms with Gasteiger partial charge in [-0.15, -0.1) is 0 Å². The van der Waals surface area contributed by atoms with E-state index in [1.165, 1.54) is 0 Å². The third-order valence-electron chi connectivity index (χ3n) is 2.09. The second kappa shape index (κ2) is 9.39. The van der Waals surface area contributed by atoms with Gasteiger partial charge in [-0.1, -0.05) is 12.8 Å². The van der Waals surface area contributed by atoms with Gasteiger partial charge in [0.25, 0.3) is 0 Å². The van der Waals surface area contributed by atoms with Crippen molar-refractivity contribution in [2.24, 2.45) is 5.92 Å². The molecule has 1 unspecified atom stereocenters. The molecule has 0 bridgehead atoms. The quantitative estimate of drug-likeness (QED) is 0.436. The predicted octanol–water partition coefficient (Wildman–Crippen LogP) is 1.33. The van der Waals surface area contributed by atoms with E-state index in [1.807, 2.05) is 0 Å². The maximum absolute atomic E-state index is 10.4. The number of unbranched alkanes of at least 4 members (excludes halogenated alkanes) is 3. The molecule has 0 aromatic rings. The zero-order chi connectivity index (χ0) is 9.94. The minimum absolute atomic E-state index is 0.00114. The Hall–Kier alpha value is -0.700. The minimum atomic E-state index is 0.00114. The molecular weight excluding hydrogens is 168 g/mol. The van der Waals surface area contributed by atoms with Crippen LogP contribution in [0.3, 0.4) is 0 Å². The van der Waals surface area contributed by atoms with E-state index in [0.717, 1.165) is 38.3 Å². The maximum atomic E-state index is 10.4. The molecule has 0 aliphatic heterocycles. The Balaban J connectivity index is 3.27. The molecule has 1 atom stereocenters. The number of hydrogen-bond acceptors (Lipinski definition) is 3. The van der Waals surface area contributed by atoms with Crippen molar-refractivity contribution in [1.29, 1.82) is 0 Å². The van der Waals surface area contributed by atoms with E-state index >= 15 is 0 Å². The first-order valence-electron chi connectivity index (χ1n) is 4.85. The summed E-state index contributed by atoms with van der Waals surface area (Å²) in [6.45, 7) is 0.0811. The van der Waals surface area contributed by atoms with E-state index in [9.17, 15) is 9.59 Å². The molecule has 76 valence electrons. The Kier molecular flexibility index (Phi) is 8.88. The Morgan fingerprint density at radius 1 is 1.08 bits per heavy atom. The number of aldehydes is 2. The van der Waals surface area contributed by atoms with Gasteiger partial charge >= 0.3 is 0 Å². The van der Waals surface area contributed by atoms with E-state index < -0.39 is 0 Å². The lowest BCUT2D eigenvalue weighted by atomic mass is 9.99. The third kappa shape index (κ3) is 7.65. The van der Waals surface area contributed by atoms with Crippen molar-refractivity contribution in [3.05, 3.63) is 0 Å². The molecule has 3 nitrogen and oxygen atoms in total. The molecule has 0 fully saturated rings. The molecule has 1 N–H and O–H groups in total. The van der Waals surface area contributed by atoms with Crippen LogP contribution in [0.4, 0.5) is 0 Å². The van der Waals surface area contributed by atoms with Crippen LogP contribution in [0.15, 0.2) is 0 Å². The Morgan fingerprint density at radius 3 is 2.38 bits per heavy atom. The van der Waals surface area contributed by atoms with E-state index in [1.54, 1.807) is 0 Å². The molecule has 0 radical (unpaired) electrons. The summed E-state index contributed by atoms with van der Waals surface area (Å²) in [6.07, 6.45) is 6.73. The van der Waals surface area contributed by atoms with Crippen molar-refractivity contribution in [2.75, 3.05) is 6.61 Å². The zero-order valence-corrected chi connectivity index (χ0v) is 7.95. The summed E-state index contributed by atoms with van der Waals surface area (Å²) in [5.41, 5.74) is 0. The van der Waals surface area contributed by atoms with Crippen molar-refractivity contribution >= 4 is 12.6 Å². The van der Waals surface area contributed by atoms with Crippen molar-refractivity contribution in [2.45, 2.75) is 38.5 Å². The standard InChI is InChI=1S/C10H18O3/c11-7-4-2-1-3-5-10(9-13)6-8-12/h7,9-10,12H,1-6,8H2. The molecule has 0 spiro atoms. The van der Waals surface area contributed by atoms with Gasteiger partial charge in [0.15, 0.2) is 0 Å². The predicted molar refractivity (Wildman–Crippen MR) is 50.4 cm³/mol. The monoisotopic (exact) mass is 186 g/mol. The van der Waals surface area contributed by atoms with Crippen LogP contribution in [0.1, 0.15) is 38.5 Å². The van der Waals surface area contributed by atoms with Gasteiger partial charge in [0, 0.05) is 18.9 Å². The van der Waals surface area contributed by atoms with Crippen molar-refractivity contribution in [1.82, 2.24) is 0 Å². The second-order valence-corrected chi connectivity index (χ2v) is 3.21. The van der Waals surface area contributed by atoms with Crippen LogP contribution in [-0.4, -0.2) is 24.3 Å². The largest absolute Gasteiger partial charge is 0.396 e. The molecule has 0 rings (SSSR count). The molecular formula is C10H18O3. The molecule has 0 aromatic carbocycles. The number of carbonyl (C=O) groups excluding carboxylic acids is 2. The number of carbonyl (C=O) groups is 2. The van der Waals surface area contributed by atoms with Crippen LogP contribution in [0.5, 0.6) is 0 Å². The highest BCUT2D eigenvalue weighted by Gasteiger charge is 2.05. The number of aliphatic hydroxyl groups is 1. The summed E-state index contributed by atoms with van der Waals surface area (Å²) in [4.78, 5) is 20.4. The van der Waals surface area contributed by atoms with Gasteiger partial charge < -0.3 is 14.7 Å². The SMILES string of the molecule is O=CCCCCCC(C=O)CCO. The van der Waals surface area contributed by atoms with Crippen molar-refractivity contribution in [3.8, 4) is 0 Å². The maximum Gasteiger partial charge on any atom is 0.123 e. The molecule has 3 heteroatoms. The van der Waals surface area contributed by atoms with E-state index in [0.29, 0.717) is 12.8 Å². The van der Waals surface area contributed by atoms with Gasteiger partial charge in [-0.3, -0.25) is 0 Å². The molecule has 13 heavy (non-hydrogen) atoms. The Labute approximate surface area is 79.1 Å². The summed E-state index contributed by atoms with van der Waals surface area (Å²) >= 11 is 0. The molecule has 0 heterocycles. The van der Waals surface area contributed by atoms with Crippen LogP contribution >= 0.6 is 0 Å². The molecule has 0 aromatic heterocycles. The first kappa shape index (κ1) is 12.3. The van der Waals surface area contributed by atoms with Crippen LogP contribution in [0, 0.1) is 5.92 Å². The zero-order valence-electron chi connectivity index (χ0n) is 7.95. The fourth-order valence-electron chi connectivity index (χ4n) is 1.26. The van der Waals surface area contributed by atoms with E-state index in [-0.39, 0.29) is 12.5 Å². The van der Waals surface area contributed by atoms with Gasteiger partial charge in [0.05, 0.1) is 0 Å². The molecule has 0 saturated carbocycles. The minimum Gasteiger partial charge on any atom is -0.396 e. The lowest BCUT2D eigenvalue weighted by Crippen LogP contribution is -2.04. The highest BCUT2D eigenvalue weighted by atomic mass is 16.3. The summed E-state index contributed by atoms with van der Waals surface area (Å²) in [5, 5.41) is 8.60. The van der Waals surface area contributed by atoms with Gasteiger partial charge in [-0.2, -0.15) is 0 Å². The topological polar surface area (TPSA) is 54.4 Å². The smallest absolute Gasteiger partial charge is 0.123 e. The highest BCUT2D eigenvalue weighted by Crippen LogP contribution is 2.11. The Bertz CT molecular complexity index is 134. The van der Waals surface area contributed by atoms with Crippen molar-refractivity contribution < 1.29 is 14.7 Å². The van der Waals surface area contributed by atoms with Gasteiger partial charge in [-0.25, -0.2) is 0 Å². The molecule has 0 saturated heterocycles. The molecule has 0 aliphatic rings.